The molecule has 0 N–H and O–H groups in total. The van der Waals surface area contributed by atoms with Gasteiger partial charge in [-0.25, -0.2) is 14.8 Å². The van der Waals surface area contributed by atoms with Crippen LogP contribution < -0.4 is 0 Å². The van der Waals surface area contributed by atoms with E-state index in [4.69, 9.17) is 4.74 Å². The van der Waals surface area contributed by atoms with Crippen molar-refractivity contribution >= 4 is 5.97 Å². The minimum Gasteiger partial charge on any atom is -0.462 e. The smallest absolute Gasteiger partial charge is 0.341 e. The summed E-state index contributed by atoms with van der Waals surface area (Å²) >= 11 is 0. The van der Waals surface area contributed by atoms with Crippen molar-refractivity contribution in [2.45, 2.75) is 33.6 Å². The molecule has 2 aromatic rings. The Morgan fingerprint density at radius 2 is 2.10 bits per heavy atom. The molecular formula is C17H20N2O2. The third-order valence-corrected chi connectivity index (χ3v) is 3.13. The highest BCUT2D eigenvalue weighted by Gasteiger charge is 2.15. The number of carbonyl (C=O) groups is 1. The van der Waals surface area contributed by atoms with E-state index in [2.05, 4.69) is 16.9 Å². The van der Waals surface area contributed by atoms with Crippen LogP contribution >= 0.6 is 0 Å². The zero-order chi connectivity index (χ0) is 15.2. The van der Waals surface area contributed by atoms with E-state index in [1.807, 2.05) is 31.2 Å². The first-order valence-electron chi connectivity index (χ1n) is 7.25. The third kappa shape index (κ3) is 3.66. The van der Waals surface area contributed by atoms with Gasteiger partial charge in [0.2, 0.25) is 0 Å². The fourth-order valence-corrected chi connectivity index (χ4v) is 2.15. The standard InChI is InChI=1S/C17H20N2O2/c1-4-7-15-14(17(20)21-5-2)11-18-16(19-15)13-9-6-8-12(3)10-13/h6,8-11H,4-5,7H2,1-3H3. The molecular weight excluding hydrogens is 264 g/mol. The van der Waals surface area contributed by atoms with Gasteiger partial charge in [-0.3, -0.25) is 0 Å². The Hall–Kier alpha value is -2.23. The molecule has 0 radical (unpaired) electrons. The van der Waals surface area contributed by atoms with Crippen LogP contribution in [0.15, 0.2) is 30.5 Å². The molecule has 4 heteroatoms. The summed E-state index contributed by atoms with van der Waals surface area (Å²) in [6, 6.07) is 8.02. The second-order valence-corrected chi connectivity index (χ2v) is 4.89. The number of aryl methyl sites for hydroxylation is 2. The maximum Gasteiger partial charge on any atom is 0.341 e. The number of ether oxygens (including phenoxy) is 1. The van der Waals surface area contributed by atoms with Crippen LogP contribution in [-0.4, -0.2) is 22.5 Å². The Balaban J connectivity index is 2.42. The molecule has 0 saturated carbocycles. The zero-order valence-electron chi connectivity index (χ0n) is 12.7. The molecule has 0 amide bonds. The van der Waals surface area contributed by atoms with Crippen LogP contribution in [0.5, 0.6) is 0 Å². The van der Waals surface area contributed by atoms with Gasteiger partial charge in [-0.15, -0.1) is 0 Å². The first kappa shape index (κ1) is 15.2. The molecule has 21 heavy (non-hydrogen) atoms. The van der Waals surface area contributed by atoms with E-state index >= 15 is 0 Å². The number of carbonyl (C=O) groups excluding carboxylic acids is 1. The normalized spacial score (nSPS) is 10.4. The first-order chi connectivity index (χ1) is 10.2. The largest absolute Gasteiger partial charge is 0.462 e. The molecule has 0 atom stereocenters. The third-order valence-electron chi connectivity index (χ3n) is 3.13. The molecule has 0 spiro atoms. The lowest BCUT2D eigenvalue weighted by Crippen LogP contribution is -2.11. The van der Waals surface area contributed by atoms with E-state index in [-0.39, 0.29) is 5.97 Å². The van der Waals surface area contributed by atoms with Gasteiger partial charge in [0.25, 0.3) is 0 Å². The van der Waals surface area contributed by atoms with Gasteiger partial charge in [0.05, 0.1) is 17.9 Å². The Morgan fingerprint density at radius 1 is 1.29 bits per heavy atom. The van der Waals surface area contributed by atoms with Crippen molar-refractivity contribution in [1.82, 2.24) is 9.97 Å². The summed E-state index contributed by atoms with van der Waals surface area (Å²) < 4.78 is 5.06. The first-order valence-corrected chi connectivity index (χ1v) is 7.25. The highest BCUT2D eigenvalue weighted by atomic mass is 16.5. The van der Waals surface area contributed by atoms with Crippen LogP contribution in [0, 0.1) is 6.92 Å². The topological polar surface area (TPSA) is 52.1 Å². The lowest BCUT2D eigenvalue weighted by Gasteiger charge is -2.09. The van der Waals surface area contributed by atoms with E-state index in [0.717, 1.165) is 29.7 Å². The van der Waals surface area contributed by atoms with Crippen LogP contribution in [0.1, 0.15) is 41.9 Å². The van der Waals surface area contributed by atoms with E-state index in [1.54, 1.807) is 13.1 Å². The Labute approximate surface area is 125 Å². The lowest BCUT2D eigenvalue weighted by atomic mass is 10.1. The van der Waals surface area contributed by atoms with Crippen molar-refractivity contribution < 1.29 is 9.53 Å². The van der Waals surface area contributed by atoms with Crippen LogP contribution in [0.4, 0.5) is 0 Å². The molecule has 1 aromatic carbocycles. The average molecular weight is 284 g/mol. The van der Waals surface area contributed by atoms with Gasteiger partial charge in [0.1, 0.15) is 0 Å². The molecule has 110 valence electrons. The predicted molar refractivity (Wildman–Crippen MR) is 82.2 cm³/mol. The molecule has 0 aliphatic carbocycles. The van der Waals surface area contributed by atoms with E-state index < -0.39 is 0 Å². The number of benzene rings is 1. The predicted octanol–water partition coefficient (Wildman–Crippen LogP) is 3.58. The van der Waals surface area contributed by atoms with Crippen molar-refractivity contribution in [3.05, 3.63) is 47.3 Å². The lowest BCUT2D eigenvalue weighted by molar-refractivity contribution is 0.0524. The summed E-state index contributed by atoms with van der Waals surface area (Å²) in [5.74, 6) is 0.298. The van der Waals surface area contributed by atoms with Gasteiger partial charge in [-0.2, -0.15) is 0 Å². The molecule has 1 heterocycles. The Morgan fingerprint density at radius 3 is 2.76 bits per heavy atom. The van der Waals surface area contributed by atoms with Crippen LogP contribution in [0.2, 0.25) is 0 Å². The SMILES string of the molecule is CCCc1nc(-c2cccc(C)c2)ncc1C(=O)OCC. The monoisotopic (exact) mass is 284 g/mol. The summed E-state index contributed by atoms with van der Waals surface area (Å²) in [4.78, 5) is 20.8. The van der Waals surface area contributed by atoms with Crippen molar-refractivity contribution in [3.8, 4) is 11.4 Å². The number of nitrogens with zero attached hydrogens (tertiary/aromatic N) is 2. The number of esters is 1. The Bertz CT molecular complexity index is 638. The molecule has 0 aliphatic heterocycles. The van der Waals surface area contributed by atoms with Crippen LogP contribution in [0.3, 0.4) is 0 Å². The molecule has 0 bridgehead atoms. The maximum absolute atomic E-state index is 11.9. The summed E-state index contributed by atoms with van der Waals surface area (Å²) in [7, 11) is 0. The summed E-state index contributed by atoms with van der Waals surface area (Å²) in [6.45, 7) is 6.23. The number of hydrogen-bond acceptors (Lipinski definition) is 4. The fraction of sp³-hybridized carbons (Fsp3) is 0.353. The van der Waals surface area contributed by atoms with Crippen molar-refractivity contribution in [1.29, 1.82) is 0 Å². The molecule has 2 rings (SSSR count). The highest BCUT2D eigenvalue weighted by molar-refractivity contribution is 5.90. The molecule has 1 aromatic heterocycles. The van der Waals surface area contributed by atoms with Crippen molar-refractivity contribution in [2.24, 2.45) is 0 Å². The van der Waals surface area contributed by atoms with Crippen molar-refractivity contribution in [2.75, 3.05) is 6.61 Å². The van der Waals surface area contributed by atoms with E-state index in [1.165, 1.54) is 0 Å². The van der Waals surface area contributed by atoms with Gasteiger partial charge in [0.15, 0.2) is 5.82 Å². The Kier molecular flexibility index (Phi) is 5.04. The minimum absolute atomic E-state index is 0.350. The van der Waals surface area contributed by atoms with Gasteiger partial charge < -0.3 is 4.74 Å². The second kappa shape index (κ2) is 6.97. The molecule has 0 unspecified atom stereocenters. The summed E-state index contributed by atoms with van der Waals surface area (Å²) in [6.07, 6.45) is 3.22. The summed E-state index contributed by atoms with van der Waals surface area (Å²) in [5.41, 5.74) is 3.34. The average Bonchev–Trinajstić information content (AvgIpc) is 2.48. The summed E-state index contributed by atoms with van der Waals surface area (Å²) in [5, 5.41) is 0. The fourth-order valence-electron chi connectivity index (χ4n) is 2.15. The second-order valence-electron chi connectivity index (χ2n) is 4.89. The molecule has 4 nitrogen and oxygen atoms in total. The van der Waals surface area contributed by atoms with E-state index in [9.17, 15) is 4.79 Å². The van der Waals surface area contributed by atoms with Gasteiger partial charge in [-0.05, 0) is 26.3 Å². The quantitative estimate of drug-likeness (QED) is 0.787. The minimum atomic E-state index is -0.350. The van der Waals surface area contributed by atoms with Gasteiger partial charge >= 0.3 is 5.97 Å². The number of aromatic nitrogens is 2. The van der Waals surface area contributed by atoms with E-state index in [0.29, 0.717) is 18.0 Å². The van der Waals surface area contributed by atoms with Gasteiger partial charge in [0, 0.05) is 11.8 Å². The van der Waals surface area contributed by atoms with Crippen LogP contribution in [0.25, 0.3) is 11.4 Å². The molecule has 0 aliphatic rings. The molecule has 0 saturated heterocycles. The van der Waals surface area contributed by atoms with Crippen LogP contribution in [-0.2, 0) is 11.2 Å². The maximum atomic E-state index is 11.9. The highest BCUT2D eigenvalue weighted by Crippen LogP contribution is 2.19. The number of rotatable bonds is 5. The van der Waals surface area contributed by atoms with Crippen molar-refractivity contribution in [3.63, 3.8) is 0 Å². The number of hydrogen-bond donors (Lipinski definition) is 0. The zero-order valence-corrected chi connectivity index (χ0v) is 12.7. The molecule has 0 fully saturated rings. The van der Waals surface area contributed by atoms with Gasteiger partial charge in [-0.1, -0.05) is 37.1 Å².